The number of nitrogens with one attached hydrogen (secondary N) is 1. The van der Waals surface area contributed by atoms with Crippen LogP contribution in [-0.2, 0) is 12.3 Å². The molecule has 6 rings (SSSR count). The topological polar surface area (TPSA) is 91.2 Å². The molecule has 1 aliphatic heterocycles. The highest BCUT2D eigenvalue weighted by atomic mass is 35.5. The van der Waals surface area contributed by atoms with Crippen molar-refractivity contribution in [2.24, 2.45) is 0 Å². The first kappa shape index (κ1) is 25.7. The Bertz CT molecular complexity index is 1670. The Morgan fingerprint density at radius 1 is 1.03 bits per heavy atom. The van der Waals surface area contributed by atoms with Crippen molar-refractivity contribution < 1.29 is 14.3 Å². The van der Waals surface area contributed by atoms with Crippen LogP contribution in [0.15, 0.2) is 77.3 Å². The molecular formula is C27H19Cl2N5O3S2. The first-order chi connectivity index (χ1) is 19.0. The lowest BCUT2D eigenvalue weighted by Crippen LogP contribution is -2.23. The summed E-state index contributed by atoms with van der Waals surface area (Å²) < 4.78 is 12.7. The van der Waals surface area contributed by atoms with E-state index in [0.29, 0.717) is 50.5 Å². The largest absolute Gasteiger partial charge is 0.454 e. The Labute approximate surface area is 241 Å². The molecule has 0 atom stereocenters. The van der Waals surface area contributed by atoms with Crippen molar-refractivity contribution >= 4 is 52.2 Å². The molecule has 0 unspecified atom stereocenters. The van der Waals surface area contributed by atoms with Gasteiger partial charge in [-0.25, -0.2) is 4.98 Å². The monoisotopic (exact) mass is 595 g/mol. The number of aromatic nitrogens is 4. The van der Waals surface area contributed by atoms with Crippen LogP contribution in [-0.4, -0.2) is 32.4 Å². The van der Waals surface area contributed by atoms with Crippen molar-refractivity contribution in [3.63, 3.8) is 0 Å². The normalized spacial score (nSPS) is 12.1. The van der Waals surface area contributed by atoms with E-state index in [1.54, 1.807) is 5.38 Å². The van der Waals surface area contributed by atoms with Gasteiger partial charge in [0.15, 0.2) is 22.5 Å². The number of halogens is 2. The standard InChI is InChI=1S/C27H19Cl2N5O3S2/c28-17-4-3-5-18(11-17)34-25(19-6-1-2-7-20(19)29)32-33-27(34)39-14-24-31-21(13-38-24)26(35)30-12-16-8-9-22-23(10-16)37-15-36-22/h1-11,13H,12,14-15H2,(H,30,35). The molecule has 3 heterocycles. The molecule has 0 radical (unpaired) electrons. The molecule has 12 heteroatoms. The molecule has 0 aliphatic carbocycles. The fraction of sp³-hybridized carbons (Fsp3) is 0.111. The van der Waals surface area contributed by atoms with Crippen LogP contribution in [0.3, 0.4) is 0 Å². The van der Waals surface area contributed by atoms with Gasteiger partial charge in [0, 0.05) is 22.5 Å². The lowest BCUT2D eigenvalue weighted by molar-refractivity contribution is 0.0946. The van der Waals surface area contributed by atoms with E-state index in [0.717, 1.165) is 21.8 Å². The smallest absolute Gasteiger partial charge is 0.271 e. The number of nitrogens with zero attached hydrogens (tertiary/aromatic N) is 4. The highest BCUT2D eigenvalue weighted by Crippen LogP contribution is 2.34. The Kier molecular flexibility index (Phi) is 7.43. The van der Waals surface area contributed by atoms with Gasteiger partial charge in [0.05, 0.1) is 16.5 Å². The number of hydrogen-bond acceptors (Lipinski definition) is 8. The molecule has 39 heavy (non-hydrogen) atoms. The minimum Gasteiger partial charge on any atom is -0.454 e. The summed E-state index contributed by atoms with van der Waals surface area (Å²) in [4.78, 5) is 17.3. The second kappa shape index (κ2) is 11.3. The molecule has 3 aromatic carbocycles. The predicted molar refractivity (Wildman–Crippen MR) is 152 cm³/mol. The van der Waals surface area contributed by atoms with Crippen molar-refractivity contribution in [3.05, 3.63) is 98.4 Å². The predicted octanol–water partition coefficient (Wildman–Crippen LogP) is 6.65. The summed E-state index contributed by atoms with van der Waals surface area (Å²) in [7, 11) is 0. The third-order valence-corrected chi connectivity index (χ3v) is 8.35. The molecule has 0 spiro atoms. The van der Waals surface area contributed by atoms with Crippen molar-refractivity contribution in [2.75, 3.05) is 6.79 Å². The van der Waals surface area contributed by atoms with Crippen molar-refractivity contribution in [2.45, 2.75) is 17.5 Å². The van der Waals surface area contributed by atoms with E-state index in [-0.39, 0.29) is 12.7 Å². The van der Waals surface area contributed by atoms with Gasteiger partial charge in [-0.15, -0.1) is 21.5 Å². The summed E-state index contributed by atoms with van der Waals surface area (Å²) in [6.45, 7) is 0.562. The molecule has 0 fully saturated rings. The SMILES string of the molecule is O=C(NCc1ccc2c(c1)OCO2)c1csc(CSc2nnc(-c3ccccc3Cl)n2-c2cccc(Cl)c2)n1. The molecule has 5 aromatic rings. The van der Waals surface area contributed by atoms with E-state index in [1.165, 1.54) is 23.1 Å². The first-order valence-corrected chi connectivity index (χ1v) is 14.4. The van der Waals surface area contributed by atoms with Gasteiger partial charge in [0.25, 0.3) is 5.91 Å². The van der Waals surface area contributed by atoms with Crippen LogP contribution in [0.2, 0.25) is 10.0 Å². The molecule has 196 valence electrons. The van der Waals surface area contributed by atoms with Crippen LogP contribution >= 0.6 is 46.3 Å². The van der Waals surface area contributed by atoms with E-state index in [4.69, 9.17) is 32.7 Å². The number of rotatable bonds is 8. The fourth-order valence-corrected chi connectivity index (χ4v) is 6.11. The van der Waals surface area contributed by atoms with Crippen molar-refractivity contribution in [3.8, 4) is 28.6 Å². The van der Waals surface area contributed by atoms with Gasteiger partial charge in [-0.1, -0.05) is 59.2 Å². The lowest BCUT2D eigenvalue weighted by atomic mass is 10.2. The second-order valence-electron chi connectivity index (χ2n) is 8.39. The van der Waals surface area contributed by atoms with Gasteiger partial charge in [-0.05, 0) is 48.0 Å². The number of thioether (sulfide) groups is 1. The van der Waals surface area contributed by atoms with E-state index in [9.17, 15) is 4.79 Å². The van der Waals surface area contributed by atoms with Gasteiger partial charge >= 0.3 is 0 Å². The maximum Gasteiger partial charge on any atom is 0.271 e. The molecule has 1 aliphatic rings. The molecule has 8 nitrogen and oxygen atoms in total. The third-order valence-electron chi connectivity index (χ3n) is 5.81. The van der Waals surface area contributed by atoms with Gasteiger partial charge < -0.3 is 14.8 Å². The van der Waals surface area contributed by atoms with Crippen molar-refractivity contribution in [1.29, 1.82) is 0 Å². The number of thiazole rings is 1. The Balaban J connectivity index is 1.17. The minimum atomic E-state index is -0.247. The maximum absolute atomic E-state index is 12.7. The number of carbonyl (C=O) groups excluding carboxylic acids is 1. The van der Waals surface area contributed by atoms with Gasteiger partial charge in [-0.3, -0.25) is 9.36 Å². The average molecular weight is 597 g/mol. The number of hydrogen-bond donors (Lipinski definition) is 1. The quantitative estimate of drug-likeness (QED) is 0.201. The van der Waals surface area contributed by atoms with E-state index >= 15 is 0 Å². The van der Waals surface area contributed by atoms with Gasteiger partial charge in [-0.2, -0.15) is 0 Å². The number of fused-ring (bicyclic) bond motifs is 1. The summed E-state index contributed by atoms with van der Waals surface area (Å²) >= 11 is 15.7. The molecule has 1 amide bonds. The second-order valence-corrected chi connectivity index (χ2v) is 11.1. The number of ether oxygens (including phenoxy) is 2. The van der Waals surface area contributed by atoms with Crippen LogP contribution in [0.5, 0.6) is 11.5 Å². The van der Waals surface area contributed by atoms with Crippen LogP contribution in [0.4, 0.5) is 0 Å². The number of carbonyl (C=O) groups is 1. The zero-order valence-electron chi connectivity index (χ0n) is 20.1. The van der Waals surface area contributed by atoms with Crippen molar-refractivity contribution in [1.82, 2.24) is 25.1 Å². The summed E-state index contributed by atoms with van der Waals surface area (Å²) in [6, 6.07) is 20.5. The van der Waals surface area contributed by atoms with Crippen LogP contribution < -0.4 is 14.8 Å². The molecule has 1 N–H and O–H groups in total. The summed E-state index contributed by atoms with van der Waals surface area (Å²) in [5.41, 5.74) is 2.85. The van der Waals surface area contributed by atoms with Gasteiger partial charge in [0.2, 0.25) is 6.79 Å². The highest BCUT2D eigenvalue weighted by molar-refractivity contribution is 7.98. The first-order valence-electron chi connectivity index (χ1n) is 11.8. The molecular weight excluding hydrogens is 577 g/mol. The summed E-state index contributed by atoms with van der Waals surface area (Å²) in [6.07, 6.45) is 0. The zero-order valence-corrected chi connectivity index (χ0v) is 23.3. The lowest BCUT2D eigenvalue weighted by Gasteiger charge is -2.11. The molecule has 2 aromatic heterocycles. The Morgan fingerprint density at radius 2 is 1.90 bits per heavy atom. The minimum absolute atomic E-state index is 0.210. The molecule has 0 saturated heterocycles. The summed E-state index contributed by atoms with van der Waals surface area (Å²) in [5, 5.41) is 16.1. The Morgan fingerprint density at radius 3 is 2.77 bits per heavy atom. The fourth-order valence-electron chi connectivity index (χ4n) is 3.96. The molecule has 0 saturated carbocycles. The Hall–Kier alpha value is -3.57. The van der Waals surface area contributed by atoms with Crippen LogP contribution in [0.25, 0.3) is 17.1 Å². The summed E-state index contributed by atoms with van der Waals surface area (Å²) in [5.74, 6) is 2.24. The number of amides is 1. The van der Waals surface area contributed by atoms with Gasteiger partial charge in [0.1, 0.15) is 10.7 Å². The van der Waals surface area contributed by atoms with Crippen LogP contribution in [0, 0.1) is 0 Å². The van der Waals surface area contributed by atoms with E-state index < -0.39 is 0 Å². The zero-order chi connectivity index (χ0) is 26.8. The third kappa shape index (κ3) is 5.60. The average Bonchev–Trinajstić information content (AvgIpc) is 3.70. The molecule has 0 bridgehead atoms. The highest BCUT2D eigenvalue weighted by Gasteiger charge is 2.20. The van der Waals surface area contributed by atoms with E-state index in [2.05, 4.69) is 20.5 Å². The maximum atomic E-state index is 12.7. The number of benzene rings is 3. The van der Waals surface area contributed by atoms with Crippen LogP contribution in [0.1, 0.15) is 21.1 Å². The van der Waals surface area contributed by atoms with E-state index in [1.807, 2.05) is 71.3 Å².